The Morgan fingerprint density at radius 2 is 1.79 bits per heavy atom. The lowest BCUT2D eigenvalue weighted by atomic mass is 10.1. The maximum Gasteiger partial charge on any atom is 0.246 e. The first-order valence-corrected chi connectivity index (χ1v) is 12.9. The minimum Gasteiger partial charge on any atom is -0.335 e. The molecule has 1 atom stereocenters. The van der Waals surface area contributed by atoms with Gasteiger partial charge in [-0.05, 0) is 54.3 Å². The summed E-state index contributed by atoms with van der Waals surface area (Å²) in [5.41, 5.74) is 3.36. The second-order valence-electron chi connectivity index (χ2n) is 7.76. The fourth-order valence-electron chi connectivity index (χ4n) is 3.46. The van der Waals surface area contributed by atoms with E-state index in [1.807, 2.05) is 61.0 Å². The highest BCUT2D eigenvalue weighted by Crippen LogP contribution is 2.29. The normalized spacial score (nSPS) is 12.7. The molecular weight excluding hydrogens is 468 g/mol. The first-order chi connectivity index (χ1) is 16.2. The SMILES string of the molecule is CC(c1ccc(S(N)(=O)=O)cc1)N(C)C(=O)/C=C/c1cn(-c2ccccc2)nc1-c1cccs1. The fraction of sp³-hybridized carbons (Fsp3) is 0.120. The fourth-order valence-corrected chi connectivity index (χ4v) is 4.70. The van der Waals surface area contributed by atoms with Gasteiger partial charge in [0, 0.05) is 24.9 Å². The number of amides is 1. The minimum atomic E-state index is -3.76. The van der Waals surface area contributed by atoms with E-state index in [0.717, 1.165) is 27.4 Å². The van der Waals surface area contributed by atoms with Gasteiger partial charge in [0.2, 0.25) is 15.9 Å². The number of rotatable bonds is 7. The van der Waals surface area contributed by atoms with Gasteiger partial charge < -0.3 is 4.90 Å². The van der Waals surface area contributed by atoms with E-state index in [9.17, 15) is 13.2 Å². The highest BCUT2D eigenvalue weighted by atomic mass is 32.2. The van der Waals surface area contributed by atoms with E-state index < -0.39 is 10.0 Å². The Balaban J connectivity index is 1.56. The molecule has 2 aromatic heterocycles. The van der Waals surface area contributed by atoms with E-state index in [1.54, 1.807) is 46.2 Å². The van der Waals surface area contributed by atoms with Crippen LogP contribution in [0.3, 0.4) is 0 Å². The average molecular weight is 493 g/mol. The third-order valence-electron chi connectivity index (χ3n) is 5.54. The molecule has 0 bridgehead atoms. The maximum atomic E-state index is 12.9. The molecule has 0 fully saturated rings. The van der Waals surface area contributed by atoms with E-state index in [1.165, 1.54) is 18.2 Å². The van der Waals surface area contributed by atoms with E-state index >= 15 is 0 Å². The number of benzene rings is 2. The second kappa shape index (κ2) is 9.76. The topological polar surface area (TPSA) is 98.3 Å². The number of carbonyl (C=O) groups is 1. The molecule has 4 aromatic rings. The van der Waals surface area contributed by atoms with Crippen LogP contribution in [0, 0.1) is 0 Å². The molecule has 9 heteroatoms. The predicted octanol–water partition coefficient (Wildman–Crippen LogP) is 4.48. The monoisotopic (exact) mass is 492 g/mol. The van der Waals surface area contributed by atoms with E-state index in [2.05, 4.69) is 0 Å². The number of aromatic nitrogens is 2. The van der Waals surface area contributed by atoms with Gasteiger partial charge in [-0.3, -0.25) is 4.79 Å². The zero-order chi connectivity index (χ0) is 24.3. The lowest BCUT2D eigenvalue weighted by Crippen LogP contribution is -2.28. The van der Waals surface area contributed by atoms with Crippen molar-refractivity contribution in [2.45, 2.75) is 17.9 Å². The molecule has 0 aliphatic heterocycles. The molecule has 34 heavy (non-hydrogen) atoms. The number of carbonyl (C=O) groups excluding carboxylic acids is 1. The average Bonchev–Trinajstić information content (AvgIpc) is 3.51. The Hall–Kier alpha value is -3.53. The minimum absolute atomic E-state index is 0.0360. The summed E-state index contributed by atoms with van der Waals surface area (Å²) in [5.74, 6) is -0.187. The highest BCUT2D eigenvalue weighted by Gasteiger charge is 2.17. The quantitative estimate of drug-likeness (QED) is 0.385. The van der Waals surface area contributed by atoms with Gasteiger partial charge in [-0.2, -0.15) is 5.10 Å². The van der Waals surface area contributed by atoms with Crippen LogP contribution in [0.2, 0.25) is 0 Å². The van der Waals surface area contributed by atoms with Gasteiger partial charge >= 0.3 is 0 Å². The van der Waals surface area contributed by atoms with E-state index in [4.69, 9.17) is 10.2 Å². The van der Waals surface area contributed by atoms with Crippen LogP contribution in [0.5, 0.6) is 0 Å². The molecule has 174 valence electrons. The second-order valence-corrected chi connectivity index (χ2v) is 10.3. The van der Waals surface area contributed by atoms with Gasteiger partial charge in [0.25, 0.3) is 0 Å². The van der Waals surface area contributed by atoms with Gasteiger partial charge in [0.05, 0.1) is 21.5 Å². The van der Waals surface area contributed by atoms with Crippen molar-refractivity contribution >= 4 is 33.3 Å². The predicted molar refractivity (Wildman–Crippen MR) is 135 cm³/mol. The molecule has 0 saturated heterocycles. The lowest BCUT2D eigenvalue weighted by molar-refractivity contribution is -0.126. The number of nitrogens with two attached hydrogens (primary N) is 1. The van der Waals surface area contributed by atoms with E-state index in [0.29, 0.717) is 0 Å². The largest absolute Gasteiger partial charge is 0.335 e. The molecule has 0 spiro atoms. The number of nitrogens with zero attached hydrogens (tertiary/aromatic N) is 3. The molecular formula is C25H24N4O3S2. The van der Waals surface area contributed by atoms with Crippen LogP contribution in [0.4, 0.5) is 0 Å². The summed E-state index contributed by atoms with van der Waals surface area (Å²) in [4.78, 5) is 15.6. The summed E-state index contributed by atoms with van der Waals surface area (Å²) in [6, 6.07) is 19.7. The van der Waals surface area contributed by atoms with Gasteiger partial charge in [0.1, 0.15) is 5.69 Å². The number of likely N-dealkylation sites (N-methyl/N-ethyl adjacent to an activating group) is 1. The molecule has 2 N–H and O–H groups in total. The van der Waals surface area contributed by atoms with Gasteiger partial charge in [-0.15, -0.1) is 11.3 Å². The van der Waals surface area contributed by atoms with Gasteiger partial charge in [0.15, 0.2) is 0 Å². The maximum absolute atomic E-state index is 12.9. The van der Waals surface area contributed by atoms with Crippen molar-refractivity contribution in [1.29, 1.82) is 0 Å². The number of hydrogen-bond acceptors (Lipinski definition) is 5. The van der Waals surface area contributed by atoms with Crippen molar-refractivity contribution in [1.82, 2.24) is 14.7 Å². The summed E-state index contributed by atoms with van der Waals surface area (Å²) in [6.07, 6.45) is 5.21. The molecule has 2 aromatic carbocycles. The van der Waals surface area contributed by atoms with Gasteiger partial charge in [-0.25, -0.2) is 18.2 Å². The molecule has 0 aliphatic rings. The Morgan fingerprint density at radius 1 is 1.09 bits per heavy atom. The number of sulfonamides is 1. The Bertz CT molecular complexity index is 1410. The Labute approximate surface area is 202 Å². The highest BCUT2D eigenvalue weighted by molar-refractivity contribution is 7.89. The number of para-hydroxylation sites is 1. The summed E-state index contributed by atoms with van der Waals surface area (Å²) in [7, 11) is -2.05. The first kappa shape index (κ1) is 23.6. The third kappa shape index (κ3) is 5.17. The van der Waals surface area contributed by atoms with Crippen molar-refractivity contribution in [3.05, 3.63) is 95.5 Å². The van der Waals surface area contributed by atoms with Gasteiger partial charge in [-0.1, -0.05) is 36.4 Å². The van der Waals surface area contributed by atoms with Crippen LogP contribution in [0.25, 0.3) is 22.3 Å². The molecule has 1 amide bonds. The van der Waals surface area contributed by atoms with Crippen molar-refractivity contribution < 1.29 is 13.2 Å². The molecule has 0 aliphatic carbocycles. The van der Waals surface area contributed by atoms with Crippen molar-refractivity contribution in [2.75, 3.05) is 7.05 Å². The summed E-state index contributed by atoms with van der Waals surface area (Å²) < 4.78 is 24.8. The third-order valence-corrected chi connectivity index (χ3v) is 7.35. The van der Waals surface area contributed by atoms with Crippen LogP contribution in [-0.4, -0.2) is 36.1 Å². The van der Waals surface area contributed by atoms with E-state index in [-0.39, 0.29) is 16.8 Å². The summed E-state index contributed by atoms with van der Waals surface area (Å²) >= 11 is 1.59. The van der Waals surface area contributed by atoms with Crippen LogP contribution >= 0.6 is 11.3 Å². The molecule has 0 saturated carbocycles. The Morgan fingerprint density at radius 3 is 2.41 bits per heavy atom. The van der Waals surface area contributed by atoms with Crippen molar-refractivity contribution in [3.8, 4) is 16.3 Å². The molecule has 4 rings (SSSR count). The summed E-state index contributed by atoms with van der Waals surface area (Å²) in [6.45, 7) is 1.88. The lowest BCUT2D eigenvalue weighted by Gasteiger charge is -2.24. The van der Waals surface area contributed by atoms with Crippen LogP contribution < -0.4 is 5.14 Å². The standard InChI is InChI=1S/C25H24N4O3S2/c1-18(19-10-13-22(14-11-19)34(26,31)32)28(2)24(30)15-12-20-17-29(21-7-4-3-5-8-21)27-25(20)23-9-6-16-33-23/h3-18H,1-2H3,(H2,26,31,32)/b15-12+. The number of thiophene rings is 1. The van der Waals surface area contributed by atoms with Crippen molar-refractivity contribution in [3.63, 3.8) is 0 Å². The zero-order valence-electron chi connectivity index (χ0n) is 18.7. The zero-order valence-corrected chi connectivity index (χ0v) is 20.3. The number of primary sulfonamides is 1. The number of hydrogen-bond donors (Lipinski definition) is 1. The molecule has 7 nitrogen and oxygen atoms in total. The smallest absolute Gasteiger partial charge is 0.246 e. The molecule has 0 radical (unpaired) electrons. The van der Waals surface area contributed by atoms with Crippen molar-refractivity contribution in [2.24, 2.45) is 5.14 Å². The first-order valence-electron chi connectivity index (χ1n) is 10.5. The van der Waals surface area contributed by atoms with Crippen LogP contribution in [0.1, 0.15) is 24.1 Å². The summed E-state index contributed by atoms with van der Waals surface area (Å²) in [5, 5.41) is 11.9. The molecule has 2 heterocycles. The van der Waals surface area contributed by atoms with Crippen LogP contribution in [-0.2, 0) is 14.8 Å². The molecule has 1 unspecified atom stereocenters. The Kier molecular flexibility index (Phi) is 6.78. The van der Waals surface area contributed by atoms with Crippen LogP contribution in [0.15, 0.2) is 89.3 Å².